The average molecular weight is 332 g/mol. The molecule has 2 aliphatic rings. The first-order valence-electron chi connectivity index (χ1n) is 9.00. The molecule has 2 N–H and O–H groups in total. The van der Waals surface area contributed by atoms with E-state index in [0.717, 1.165) is 38.5 Å². The summed E-state index contributed by atoms with van der Waals surface area (Å²) in [6.07, 6.45) is 10.8. The van der Waals surface area contributed by atoms with Crippen molar-refractivity contribution in [3.8, 4) is 0 Å². The van der Waals surface area contributed by atoms with Gasteiger partial charge in [-0.05, 0) is 67.4 Å². The molecule has 4 atom stereocenters. The van der Waals surface area contributed by atoms with Crippen LogP contribution >= 0.6 is 0 Å². The number of allylic oxidation sites excluding steroid dienone is 1. The lowest BCUT2D eigenvalue weighted by Gasteiger charge is -2.58. The highest BCUT2D eigenvalue weighted by Gasteiger charge is 2.57. The molecule has 4 unspecified atom stereocenters. The molecule has 1 heterocycles. The topological polar surface area (TPSA) is 70.7 Å². The van der Waals surface area contributed by atoms with E-state index in [4.69, 9.17) is 4.42 Å². The van der Waals surface area contributed by atoms with Crippen LogP contribution in [0.4, 0.5) is 0 Å². The fourth-order valence-electron chi connectivity index (χ4n) is 5.32. The van der Waals surface area contributed by atoms with Crippen LogP contribution in [-0.2, 0) is 11.2 Å². The standard InChI is InChI=1S/C20H28O4/c1-14-6-10-20(13-21)16(18(22)23)4-3-5-17(20)19(14,2)9-7-15-8-11-24-12-15/h4,8,11-12,14,17,21H,3,5-7,9-10,13H2,1-2H3,(H,22,23). The minimum Gasteiger partial charge on any atom is -0.478 e. The summed E-state index contributed by atoms with van der Waals surface area (Å²) in [5, 5.41) is 19.9. The molecule has 2 aliphatic carbocycles. The van der Waals surface area contributed by atoms with E-state index in [1.807, 2.05) is 12.1 Å². The third kappa shape index (κ3) is 2.61. The second-order valence-electron chi connectivity index (χ2n) is 7.94. The molecular formula is C20H28O4. The van der Waals surface area contributed by atoms with Crippen LogP contribution in [0.2, 0.25) is 0 Å². The maximum atomic E-state index is 11.8. The van der Waals surface area contributed by atoms with Crippen molar-refractivity contribution < 1.29 is 19.4 Å². The first kappa shape index (κ1) is 17.3. The van der Waals surface area contributed by atoms with E-state index in [1.54, 1.807) is 12.5 Å². The number of carboxylic acid groups (broad SMARTS) is 1. The lowest BCUT2D eigenvalue weighted by Crippen LogP contribution is -2.54. The summed E-state index contributed by atoms with van der Waals surface area (Å²) in [6, 6.07) is 2.00. The number of hydrogen-bond acceptors (Lipinski definition) is 3. The van der Waals surface area contributed by atoms with Crippen molar-refractivity contribution in [3.05, 3.63) is 35.8 Å². The predicted octanol–water partition coefficient (Wildman–Crippen LogP) is 4.05. The van der Waals surface area contributed by atoms with E-state index in [0.29, 0.717) is 11.5 Å². The van der Waals surface area contributed by atoms with E-state index in [2.05, 4.69) is 13.8 Å². The van der Waals surface area contributed by atoms with Gasteiger partial charge in [-0.3, -0.25) is 0 Å². The van der Waals surface area contributed by atoms with Gasteiger partial charge in [-0.1, -0.05) is 19.9 Å². The summed E-state index contributed by atoms with van der Waals surface area (Å²) >= 11 is 0. The number of aliphatic hydroxyl groups excluding tert-OH is 1. The van der Waals surface area contributed by atoms with Gasteiger partial charge in [0.25, 0.3) is 0 Å². The molecule has 24 heavy (non-hydrogen) atoms. The second-order valence-corrected chi connectivity index (χ2v) is 7.94. The molecule has 4 nitrogen and oxygen atoms in total. The number of fused-ring (bicyclic) bond motifs is 1. The summed E-state index contributed by atoms with van der Waals surface area (Å²) in [5.41, 5.74) is 1.07. The van der Waals surface area contributed by atoms with E-state index in [-0.39, 0.29) is 17.9 Å². The Hall–Kier alpha value is -1.55. The molecule has 0 saturated heterocycles. The van der Waals surface area contributed by atoms with E-state index >= 15 is 0 Å². The Morgan fingerprint density at radius 2 is 2.21 bits per heavy atom. The van der Waals surface area contributed by atoms with Gasteiger partial charge in [0.05, 0.1) is 19.1 Å². The molecule has 0 bridgehead atoms. The van der Waals surface area contributed by atoms with Gasteiger partial charge in [0.2, 0.25) is 0 Å². The summed E-state index contributed by atoms with van der Waals surface area (Å²) in [7, 11) is 0. The smallest absolute Gasteiger partial charge is 0.331 e. The number of aliphatic hydroxyl groups is 1. The summed E-state index contributed by atoms with van der Waals surface area (Å²) < 4.78 is 5.18. The van der Waals surface area contributed by atoms with E-state index in [9.17, 15) is 15.0 Å². The van der Waals surface area contributed by atoms with Crippen LogP contribution in [0.5, 0.6) is 0 Å². The Morgan fingerprint density at radius 3 is 2.83 bits per heavy atom. The Kier molecular flexibility index (Phi) is 4.60. The quantitative estimate of drug-likeness (QED) is 0.853. The lowest BCUT2D eigenvalue weighted by atomic mass is 9.46. The van der Waals surface area contributed by atoms with Crippen LogP contribution in [0.1, 0.15) is 51.5 Å². The highest BCUT2D eigenvalue weighted by molar-refractivity contribution is 5.88. The summed E-state index contributed by atoms with van der Waals surface area (Å²) in [6.45, 7) is 4.52. The van der Waals surface area contributed by atoms with Crippen molar-refractivity contribution in [1.29, 1.82) is 0 Å². The van der Waals surface area contributed by atoms with Gasteiger partial charge in [0, 0.05) is 11.0 Å². The zero-order valence-corrected chi connectivity index (χ0v) is 14.6. The first-order chi connectivity index (χ1) is 11.4. The largest absolute Gasteiger partial charge is 0.478 e. The van der Waals surface area contributed by atoms with Gasteiger partial charge in [-0.15, -0.1) is 0 Å². The molecule has 1 saturated carbocycles. The molecule has 0 radical (unpaired) electrons. The third-order valence-electron chi connectivity index (χ3n) is 7.00. The van der Waals surface area contributed by atoms with Crippen molar-refractivity contribution in [1.82, 2.24) is 0 Å². The minimum atomic E-state index is -0.861. The monoisotopic (exact) mass is 332 g/mol. The molecule has 1 aromatic heterocycles. The second kappa shape index (κ2) is 6.40. The van der Waals surface area contributed by atoms with Crippen molar-refractivity contribution in [2.75, 3.05) is 6.61 Å². The number of carboxylic acids is 1. The highest BCUT2D eigenvalue weighted by Crippen LogP contribution is 2.61. The first-order valence-corrected chi connectivity index (χ1v) is 9.00. The van der Waals surface area contributed by atoms with Gasteiger partial charge in [0.1, 0.15) is 0 Å². The third-order valence-corrected chi connectivity index (χ3v) is 7.00. The maximum Gasteiger partial charge on any atom is 0.331 e. The fourth-order valence-corrected chi connectivity index (χ4v) is 5.32. The zero-order chi connectivity index (χ0) is 17.4. The van der Waals surface area contributed by atoms with Crippen LogP contribution in [0.3, 0.4) is 0 Å². The van der Waals surface area contributed by atoms with Crippen molar-refractivity contribution in [2.24, 2.45) is 22.7 Å². The number of rotatable bonds is 5. The van der Waals surface area contributed by atoms with Crippen LogP contribution in [0, 0.1) is 22.7 Å². The normalized spacial score (nSPS) is 36.0. The van der Waals surface area contributed by atoms with Gasteiger partial charge in [-0.25, -0.2) is 4.79 Å². The Balaban J connectivity index is 1.93. The summed E-state index contributed by atoms with van der Waals surface area (Å²) in [5.74, 6) is -0.135. The van der Waals surface area contributed by atoms with Crippen LogP contribution in [0.15, 0.2) is 34.7 Å². The van der Waals surface area contributed by atoms with Crippen molar-refractivity contribution >= 4 is 5.97 Å². The van der Waals surface area contributed by atoms with Crippen LogP contribution < -0.4 is 0 Å². The number of aryl methyl sites for hydroxylation is 1. The molecule has 3 rings (SSSR count). The molecule has 1 aromatic rings. The Morgan fingerprint density at radius 1 is 1.42 bits per heavy atom. The van der Waals surface area contributed by atoms with Gasteiger partial charge >= 0.3 is 5.97 Å². The molecule has 0 aliphatic heterocycles. The van der Waals surface area contributed by atoms with E-state index < -0.39 is 11.4 Å². The molecule has 1 fully saturated rings. The molecule has 0 amide bonds. The number of furan rings is 1. The minimum absolute atomic E-state index is 0.0210. The van der Waals surface area contributed by atoms with Gasteiger partial charge in [0.15, 0.2) is 0 Å². The van der Waals surface area contributed by atoms with Crippen molar-refractivity contribution in [3.63, 3.8) is 0 Å². The van der Waals surface area contributed by atoms with Crippen LogP contribution in [0.25, 0.3) is 0 Å². The molecule has 4 heteroatoms. The lowest BCUT2D eigenvalue weighted by molar-refractivity contribution is -0.139. The summed E-state index contributed by atoms with van der Waals surface area (Å²) in [4.78, 5) is 11.8. The molecule has 0 aromatic carbocycles. The van der Waals surface area contributed by atoms with Gasteiger partial charge < -0.3 is 14.6 Å². The molecule has 0 spiro atoms. The highest BCUT2D eigenvalue weighted by atomic mass is 16.4. The number of aliphatic carboxylic acids is 1. The fraction of sp³-hybridized carbons (Fsp3) is 0.650. The van der Waals surface area contributed by atoms with Crippen molar-refractivity contribution in [2.45, 2.75) is 52.4 Å². The van der Waals surface area contributed by atoms with E-state index in [1.165, 1.54) is 5.56 Å². The number of carbonyl (C=O) groups is 1. The SMILES string of the molecule is CC1CCC2(CO)C(C(=O)O)=CCCC2C1(C)CCc1ccoc1. The van der Waals surface area contributed by atoms with Gasteiger partial charge in [-0.2, -0.15) is 0 Å². The molecular weight excluding hydrogens is 304 g/mol. The average Bonchev–Trinajstić information content (AvgIpc) is 3.09. The Bertz CT molecular complexity index is 618. The maximum absolute atomic E-state index is 11.8. The predicted molar refractivity (Wildman–Crippen MR) is 91.5 cm³/mol. The molecule has 132 valence electrons. The van der Waals surface area contributed by atoms with Crippen LogP contribution in [-0.4, -0.2) is 22.8 Å². The Labute approximate surface area is 143 Å². The number of hydrogen-bond donors (Lipinski definition) is 2. The zero-order valence-electron chi connectivity index (χ0n) is 14.6.